The van der Waals surface area contributed by atoms with E-state index in [4.69, 9.17) is 4.74 Å². The zero-order valence-electron chi connectivity index (χ0n) is 21.1. The van der Waals surface area contributed by atoms with Crippen LogP contribution in [0, 0.1) is 11.8 Å². The fraction of sp³-hybridized carbons (Fsp3) is 0.750. The van der Waals surface area contributed by atoms with Crippen molar-refractivity contribution in [3.05, 3.63) is 35.9 Å². The average Bonchev–Trinajstić information content (AvgIpc) is 3.06. The molecule has 1 spiro atoms. The fourth-order valence-corrected chi connectivity index (χ4v) is 7.00. The van der Waals surface area contributed by atoms with E-state index in [0.29, 0.717) is 24.9 Å². The Kier molecular flexibility index (Phi) is 6.93. The van der Waals surface area contributed by atoms with Crippen LogP contribution >= 0.6 is 0 Å². The molecular formula is C28H43N3O3. The van der Waals surface area contributed by atoms with Gasteiger partial charge in [0.2, 0.25) is 0 Å². The third-order valence-corrected chi connectivity index (χ3v) is 9.58. The Hall–Kier alpha value is -1.63. The van der Waals surface area contributed by atoms with Crippen molar-refractivity contribution < 1.29 is 14.6 Å². The molecule has 1 aromatic rings. The predicted octanol–water partition coefficient (Wildman–Crippen LogP) is 4.43. The molecule has 6 nitrogen and oxygen atoms in total. The third-order valence-electron chi connectivity index (χ3n) is 9.58. The van der Waals surface area contributed by atoms with Crippen LogP contribution in [-0.2, 0) is 10.3 Å². The first kappa shape index (κ1) is 24.1. The number of carbonyl (C=O) groups is 1. The van der Waals surface area contributed by atoms with E-state index in [1.54, 1.807) is 0 Å². The summed E-state index contributed by atoms with van der Waals surface area (Å²) < 4.78 is 5.31. The van der Waals surface area contributed by atoms with Crippen LogP contribution in [0.15, 0.2) is 30.3 Å². The molecule has 0 bridgehead atoms. The van der Waals surface area contributed by atoms with E-state index in [2.05, 4.69) is 59.1 Å². The summed E-state index contributed by atoms with van der Waals surface area (Å²) in [6, 6.07) is 11.2. The molecule has 2 aliphatic carbocycles. The first-order valence-electron chi connectivity index (χ1n) is 13.5. The van der Waals surface area contributed by atoms with E-state index in [0.717, 1.165) is 58.2 Å². The number of ether oxygens (including phenoxy) is 1. The Morgan fingerprint density at radius 3 is 2.41 bits per heavy atom. The van der Waals surface area contributed by atoms with Crippen LogP contribution in [0.5, 0.6) is 0 Å². The predicted molar refractivity (Wildman–Crippen MR) is 133 cm³/mol. The molecule has 6 heteroatoms. The minimum Gasteiger partial charge on any atom is -0.368 e. The zero-order valence-corrected chi connectivity index (χ0v) is 21.1. The molecular weight excluding hydrogens is 426 g/mol. The molecule has 5 rings (SSSR count). The molecule has 1 aromatic carbocycles. The van der Waals surface area contributed by atoms with Gasteiger partial charge in [-0.1, -0.05) is 36.8 Å². The second-order valence-electron chi connectivity index (χ2n) is 11.6. The van der Waals surface area contributed by atoms with Gasteiger partial charge < -0.3 is 19.6 Å². The second kappa shape index (κ2) is 9.79. The lowest BCUT2D eigenvalue weighted by molar-refractivity contribution is -0.139. The minimum atomic E-state index is -0.634. The monoisotopic (exact) mass is 469 g/mol. The molecule has 0 aromatic heterocycles. The molecule has 2 heterocycles. The lowest BCUT2D eigenvalue weighted by atomic mass is 9.68. The fourth-order valence-electron chi connectivity index (χ4n) is 7.00. The quantitative estimate of drug-likeness (QED) is 0.642. The number of amides is 2. The molecule has 4 aliphatic rings. The molecule has 1 N–H and O–H groups in total. The lowest BCUT2D eigenvalue weighted by Crippen LogP contribution is -2.56. The van der Waals surface area contributed by atoms with Crippen molar-refractivity contribution in [2.45, 2.75) is 81.6 Å². The Balaban J connectivity index is 1.32. The molecule has 34 heavy (non-hydrogen) atoms. The first-order valence-corrected chi connectivity index (χ1v) is 13.5. The van der Waals surface area contributed by atoms with E-state index in [1.165, 1.54) is 24.8 Å². The number of benzene rings is 1. The van der Waals surface area contributed by atoms with Crippen molar-refractivity contribution in [3.8, 4) is 0 Å². The van der Waals surface area contributed by atoms with E-state index >= 15 is 0 Å². The van der Waals surface area contributed by atoms with Crippen molar-refractivity contribution >= 4 is 6.03 Å². The Morgan fingerprint density at radius 1 is 1.06 bits per heavy atom. The van der Waals surface area contributed by atoms with Crippen LogP contribution in [0.4, 0.5) is 4.79 Å². The minimum absolute atomic E-state index is 0.0316. The van der Waals surface area contributed by atoms with Crippen molar-refractivity contribution in [1.82, 2.24) is 14.7 Å². The van der Waals surface area contributed by atoms with E-state index in [-0.39, 0.29) is 17.1 Å². The molecule has 4 fully saturated rings. The van der Waals surface area contributed by atoms with Crippen molar-refractivity contribution in [2.75, 3.05) is 40.3 Å². The molecule has 2 unspecified atom stereocenters. The zero-order chi connectivity index (χ0) is 23.8. The number of nitrogens with zero attached hydrogens (tertiary/aromatic N) is 3. The summed E-state index contributed by atoms with van der Waals surface area (Å²) in [5, 5.41) is 9.87. The van der Waals surface area contributed by atoms with E-state index in [1.807, 2.05) is 0 Å². The standard InChI is InChI=1S/C28H43N3O3/c1-29(2)28(24-9-4-3-5-10-24)15-13-27(14-16-28)21-30(17-11-22-12-18-34-25(32)19-22)26(33)31(27)20-23-7-6-8-23/h3-5,9-10,22-23,25,32H,6-8,11-21H2,1-2H3. The molecule has 0 radical (unpaired) electrons. The maximum atomic E-state index is 13.7. The van der Waals surface area contributed by atoms with E-state index < -0.39 is 6.29 Å². The highest BCUT2D eigenvalue weighted by atomic mass is 16.6. The summed E-state index contributed by atoms with van der Waals surface area (Å²) in [7, 11) is 4.43. The number of carbonyl (C=O) groups excluding carboxylic acids is 1. The molecule has 2 aliphatic heterocycles. The van der Waals surface area contributed by atoms with Gasteiger partial charge in [-0.15, -0.1) is 0 Å². The van der Waals surface area contributed by atoms with Gasteiger partial charge in [-0.25, -0.2) is 4.79 Å². The highest BCUT2D eigenvalue weighted by Crippen LogP contribution is 2.49. The van der Waals surface area contributed by atoms with Crippen molar-refractivity contribution in [2.24, 2.45) is 11.8 Å². The van der Waals surface area contributed by atoms with E-state index in [9.17, 15) is 9.90 Å². The lowest BCUT2D eigenvalue weighted by Gasteiger charge is -2.51. The summed E-state index contributed by atoms with van der Waals surface area (Å²) in [6.07, 6.45) is 10.1. The van der Waals surface area contributed by atoms with Gasteiger partial charge in [0, 0.05) is 38.2 Å². The van der Waals surface area contributed by atoms with Gasteiger partial charge in [-0.05, 0) is 82.9 Å². The van der Waals surface area contributed by atoms with Gasteiger partial charge in [-0.2, -0.15) is 0 Å². The smallest absolute Gasteiger partial charge is 0.320 e. The van der Waals surface area contributed by atoms with Gasteiger partial charge >= 0.3 is 6.03 Å². The summed E-state index contributed by atoms with van der Waals surface area (Å²) in [5.74, 6) is 1.13. The second-order valence-corrected chi connectivity index (χ2v) is 11.6. The highest BCUT2D eigenvalue weighted by molar-refractivity contribution is 5.78. The summed E-state index contributed by atoms with van der Waals surface area (Å²) >= 11 is 0. The number of rotatable bonds is 7. The number of urea groups is 1. The number of hydrogen-bond donors (Lipinski definition) is 1. The van der Waals surface area contributed by atoms with Gasteiger partial charge in [0.25, 0.3) is 0 Å². The summed E-state index contributed by atoms with van der Waals surface area (Å²) in [6.45, 7) is 3.23. The molecule has 2 saturated carbocycles. The first-order chi connectivity index (χ1) is 16.4. The van der Waals surface area contributed by atoms with Crippen LogP contribution in [0.2, 0.25) is 0 Å². The molecule has 2 amide bonds. The SMILES string of the molecule is CN(C)C1(c2ccccc2)CCC2(CC1)CN(CCC1CCOC(O)C1)C(=O)N2CC1CCC1. The Bertz CT molecular complexity index is 833. The molecule has 2 atom stereocenters. The van der Waals surface area contributed by atoms with Gasteiger partial charge in [0.1, 0.15) is 0 Å². The third kappa shape index (κ3) is 4.49. The normalized spacial score (nSPS) is 34.8. The average molecular weight is 470 g/mol. The molecule has 188 valence electrons. The van der Waals surface area contributed by atoms with Gasteiger partial charge in [0.05, 0.1) is 5.54 Å². The summed E-state index contributed by atoms with van der Waals surface area (Å²) in [5.41, 5.74) is 1.42. The van der Waals surface area contributed by atoms with Gasteiger partial charge in [-0.3, -0.25) is 4.90 Å². The van der Waals surface area contributed by atoms with Crippen molar-refractivity contribution in [1.29, 1.82) is 0 Å². The largest absolute Gasteiger partial charge is 0.368 e. The topological polar surface area (TPSA) is 56.2 Å². The number of hydrogen-bond acceptors (Lipinski definition) is 4. The van der Waals surface area contributed by atoms with Crippen LogP contribution in [0.25, 0.3) is 0 Å². The van der Waals surface area contributed by atoms with Crippen LogP contribution in [0.3, 0.4) is 0 Å². The van der Waals surface area contributed by atoms with Crippen LogP contribution in [0.1, 0.15) is 69.8 Å². The maximum Gasteiger partial charge on any atom is 0.320 e. The maximum absolute atomic E-state index is 13.7. The van der Waals surface area contributed by atoms with Crippen molar-refractivity contribution in [3.63, 3.8) is 0 Å². The summed E-state index contributed by atoms with van der Waals surface area (Å²) in [4.78, 5) is 20.6. The molecule has 2 saturated heterocycles. The number of aliphatic hydroxyl groups excluding tert-OH is 1. The Morgan fingerprint density at radius 2 is 1.79 bits per heavy atom. The van der Waals surface area contributed by atoms with Gasteiger partial charge in [0.15, 0.2) is 6.29 Å². The Labute approximate surface area is 205 Å². The van der Waals surface area contributed by atoms with Crippen LogP contribution < -0.4 is 0 Å². The highest BCUT2D eigenvalue weighted by Gasteiger charge is 2.54. The van der Waals surface area contributed by atoms with Crippen LogP contribution in [-0.4, -0.2) is 78.0 Å². The number of aliphatic hydroxyl groups is 1.